The van der Waals surface area contributed by atoms with Gasteiger partial charge in [0, 0.05) is 57.4 Å². The predicted octanol–water partition coefficient (Wildman–Crippen LogP) is 2.00. The van der Waals surface area contributed by atoms with E-state index in [0.717, 1.165) is 18.5 Å². The van der Waals surface area contributed by atoms with Gasteiger partial charge in [-0.1, -0.05) is 0 Å². The Labute approximate surface area is 172 Å². The van der Waals surface area contributed by atoms with Crippen molar-refractivity contribution >= 4 is 23.6 Å². The molecule has 8 heteroatoms. The molecule has 1 saturated heterocycles. The molecule has 1 aromatic rings. The van der Waals surface area contributed by atoms with Crippen LogP contribution in [0.1, 0.15) is 43.0 Å². The van der Waals surface area contributed by atoms with Gasteiger partial charge in [0.05, 0.1) is 6.61 Å². The Bertz CT molecular complexity index is 682. The number of amides is 3. The lowest BCUT2D eigenvalue weighted by Crippen LogP contribution is -2.46. The molecule has 0 saturated carbocycles. The molecule has 8 nitrogen and oxygen atoms in total. The van der Waals surface area contributed by atoms with Gasteiger partial charge >= 0.3 is 6.09 Å². The molecular formula is C21H32N4O4. The number of carbonyl (C=O) groups excluding carboxylic acids is 3. The first kappa shape index (κ1) is 22.5. The second-order valence-corrected chi connectivity index (χ2v) is 7.33. The monoisotopic (exact) mass is 404 g/mol. The van der Waals surface area contributed by atoms with E-state index in [1.807, 2.05) is 31.1 Å². The zero-order chi connectivity index (χ0) is 21.2. The molecule has 1 fully saturated rings. The Hall–Kier alpha value is -2.77. The van der Waals surface area contributed by atoms with Crippen molar-refractivity contribution in [2.45, 2.75) is 38.6 Å². The van der Waals surface area contributed by atoms with E-state index in [4.69, 9.17) is 4.74 Å². The number of rotatable bonds is 8. The maximum atomic E-state index is 12.2. The maximum absolute atomic E-state index is 12.2. The highest BCUT2D eigenvalue weighted by molar-refractivity contribution is 5.94. The number of anilines is 1. The van der Waals surface area contributed by atoms with Gasteiger partial charge in [0.2, 0.25) is 5.91 Å². The largest absolute Gasteiger partial charge is 0.450 e. The third-order valence-corrected chi connectivity index (χ3v) is 4.90. The normalized spacial score (nSPS) is 14.2. The van der Waals surface area contributed by atoms with Gasteiger partial charge in [-0.3, -0.25) is 9.59 Å². The van der Waals surface area contributed by atoms with Crippen LogP contribution in [0.25, 0.3) is 0 Å². The summed E-state index contributed by atoms with van der Waals surface area (Å²) in [5.74, 6) is -0.161. The zero-order valence-corrected chi connectivity index (χ0v) is 17.6. The number of hydrogen-bond acceptors (Lipinski definition) is 5. The summed E-state index contributed by atoms with van der Waals surface area (Å²) in [4.78, 5) is 39.6. The molecule has 160 valence electrons. The molecule has 2 N–H and O–H groups in total. The van der Waals surface area contributed by atoms with Gasteiger partial charge in [0.25, 0.3) is 5.91 Å². The summed E-state index contributed by atoms with van der Waals surface area (Å²) in [6.07, 6.45) is 2.10. The minimum Gasteiger partial charge on any atom is -0.450 e. The van der Waals surface area contributed by atoms with Crippen molar-refractivity contribution in [3.8, 4) is 0 Å². The summed E-state index contributed by atoms with van der Waals surface area (Å²) in [5, 5.41) is 5.86. The van der Waals surface area contributed by atoms with Crippen LogP contribution in [0.2, 0.25) is 0 Å². The SMILES string of the molecule is CCOC(=O)N1CCC(NC(=O)CCCNC(=O)c2ccc(N(C)C)cc2)CC1. The van der Waals surface area contributed by atoms with Crippen molar-refractivity contribution in [1.82, 2.24) is 15.5 Å². The van der Waals surface area contributed by atoms with Gasteiger partial charge in [0.15, 0.2) is 0 Å². The van der Waals surface area contributed by atoms with Crippen LogP contribution in [0.15, 0.2) is 24.3 Å². The Morgan fingerprint density at radius 1 is 1.14 bits per heavy atom. The molecule has 0 spiro atoms. The Kier molecular flexibility index (Phi) is 8.76. The van der Waals surface area contributed by atoms with Crippen molar-refractivity contribution in [3.05, 3.63) is 29.8 Å². The molecular weight excluding hydrogens is 372 g/mol. The summed E-state index contributed by atoms with van der Waals surface area (Å²) in [6, 6.07) is 7.46. The number of nitrogens with zero attached hydrogens (tertiary/aromatic N) is 2. The molecule has 29 heavy (non-hydrogen) atoms. The molecule has 1 aliphatic heterocycles. The minimum absolute atomic E-state index is 0.0239. The van der Waals surface area contributed by atoms with Gasteiger partial charge in [-0.2, -0.15) is 0 Å². The van der Waals surface area contributed by atoms with Crippen LogP contribution in [-0.2, 0) is 9.53 Å². The van der Waals surface area contributed by atoms with Gasteiger partial charge in [0.1, 0.15) is 0 Å². The van der Waals surface area contributed by atoms with E-state index < -0.39 is 0 Å². The smallest absolute Gasteiger partial charge is 0.409 e. The molecule has 2 rings (SSSR count). The zero-order valence-electron chi connectivity index (χ0n) is 17.6. The van der Waals surface area contributed by atoms with Gasteiger partial charge in [-0.15, -0.1) is 0 Å². The first-order valence-electron chi connectivity index (χ1n) is 10.2. The van der Waals surface area contributed by atoms with Crippen LogP contribution < -0.4 is 15.5 Å². The van der Waals surface area contributed by atoms with Crippen LogP contribution in [-0.4, -0.2) is 69.2 Å². The van der Waals surface area contributed by atoms with Crippen molar-refractivity contribution in [1.29, 1.82) is 0 Å². The summed E-state index contributed by atoms with van der Waals surface area (Å²) >= 11 is 0. The highest BCUT2D eigenvalue weighted by Crippen LogP contribution is 2.13. The van der Waals surface area contributed by atoms with Crippen molar-refractivity contribution in [2.75, 3.05) is 45.2 Å². The molecule has 0 unspecified atom stereocenters. The van der Waals surface area contributed by atoms with Gasteiger partial charge < -0.3 is 25.2 Å². The number of ether oxygens (including phenoxy) is 1. The lowest BCUT2D eigenvalue weighted by Gasteiger charge is -2.31. The highest BCUT2D eigenvalue weighted by Gasteiger charge is 2.24. The number of nitrogens with one attached hydrogen (secondary N) is 2. The molecule has 0 aromatic heterocycles. The topological polar surface area (TPSA) is 91.0 Å². The van der Waals surface area contributed by atoms with E-state index in [1.54, 1.807) is 24.0 Å². The van der Waals surface area contributed by atoms with Crippen molar-refractivity contribution in [3.63, 3.8) is 0 Å². The summed E-state index contributed by atoms with van der Waals surface area (Å²) in [7, 11) is 3.90. The second kappa shape index (κ2) is 11.3. The van der Waals surface area contributed by atoms with Crippen LogP contribution in [0.4, 0.5) is 10.5 Å². The summed E-state index contributed by atoms with van der Waals surface area (Å²) in [5.41, 5.74) is 1.64. The Morgan fingerprint density at radius 3 is 2.38 bits per heavy atom. The highest BCUT2D eigenvalue weighted by atomic mass is 16.6. The Morgan fingerprint density at radius 2 is 1.79 bits per heavy atom. The number of hydrogen-bond donors (Lipinski definition) is 2. The first-order chi connectivity index (χ1) is 13.9. The standard InChI is InChI=1S/C21H32N4O4/c1-4-29-21(28)25-14-11-17(12-15-25)23-19(26)6-5-13-22-20(27)16-7-9-18(10-8-16)24(2)3/h7-10,17H,4-6,11-15H2,1-3H3,(H,22,27)(H,23,26). The molecule has 1 aliphatic rings. The fourth-order valence-corrected chi connectivity index (χ4v) is 3.18. The molecule has 1 aromatic carbocycles. The van der Waals surface area contributed by atoms with E-state index in [0.29, 0.717) is 44.6 Å². The van der Waals surface area contributed by atoms with E-state index in [1.165, 1.54) is 0 Å². The molecule has 0 bridgehead atoms. The van der Waals surface area contributed by atoms with Crippen LogP contribution in [0, 0.1) is 0 Å². The average Bonchev–Trinajstić information content (AvgIpc) is 2.71. The van der Waals surface area contributed by atoms with E-state index in [9.17, 15) is 14.4 Å². The van der Waals surface area contributed by atoms with Crippen LogP contribution >= 0.6 is 0 Å². The minimum atomic E-state index is -0.288. The molecule has 0 aliphatic carbocycles. The van der Waals surface area contributed by atoms with Gasteiger partial charge in [-0.25, -0.2) is 4.79 Å². The Balaban J connectivity index is 1.61. The molecule has 3 amide bonds. The van der Waals surface area contributed by atoms with Gasteiger partial charge in [-0.05, 0) is 50.5 Å². The third kappa shape index (κ3) is 7.29. The fraction of sp³-hybridized carbons (Fsp3) is 0.571. The molecule has 0 atom stereocenters. The van der Waals surface area contributed by atoms with E-state index in [-0.39, 0.29) is 23.9 Å². The molecule has 0 radical (unpaired) electrons. The second-order valence-electron chi connectivity index (χ2n) is 7.33. The number of likely N-dealkylation sites (tertiary alicyclic amines) is 1. The lowest BCUT2D eigenvalue weighted by atomic mass is 10.1. The van der Waals surface area contributed by atoms with Crippen LogP contribution in [0.3, 0.4) is 0 Å². The maximum Gasteiger partial charge on any atom is 0.409 e. The van der Waals surface area contributed by atoms with Crippen LogP contribution in [0.5, 0.6) is 0 Å². The predicted molar refractivity (Wildman–Crippen MR) is 112 cm³/mol. The summed E-state index contributed by atoms with van der Waals surface area (Å²) < 4.78 is 4.99. The number of carbonyl (C=O) groups is 3. The molecule has 1 heterocycles. The van der Waals surface area contributed by atoms with Crippen molar-refractivity contribution < 1.29 is 19.1 Å². The van der Waals surface area contributed by atoms with E-state index in [2.05, 4.69) is 10.6 Å². The quantitative estimate of drug-likeness (QED) is 0.647. The fourth-order valence-electron chi connectivity index (χ4n) is 3.18. The van der Waals surface area contributed by atoms with E-state index >= 15 is 0 Å². The lowest BCUT2D eigenvalue weighted by molar-refractivity contribution is -0.122. The summed E-state index contributed by atoms with van der Waals surface area (Å²) in [6.45, 7) is 3.78. The van der Waals surface area contributed by atoms with Crippen molar-refractivity contribution in [2.24, 2.45) is 0 Å². The average molecular weight is 405 g/mol. The third-order valence-electron chi connectivity index (χ3n) is 4.90. The number of piperidine rings is 1. The number of benzene rings is 1. The first-order valence-corrected chi connectivity index (χ1v) is 10.2.